The van der Waals surface area contributed by atoms with Gasteiger partial charge in [-0.15, -0.1) is 0 Å². The SMILES string of the molecule is CCn1cncc1CNCCOc1cccc(C)c1. The van der Waals surface area contributed by atoms with Gasteiger partial charge in [-0.1, -0.05) is 12.1 Å². The lowest BCUT2D eigenvalue weighted by Crippen LogP contribution is -2.22. The van der Waals surface area contributed by atoms with E-state index in [1.165, 1.54) is 11.3 Å². The highest BCUT2D eigenvalue weighted by Crippen LogP contribution is 2.11. The van der Waals surface area contributed by atoms with Gasteiger partial charge in [0, 0.05) is 25.8 Å². The van der Waals surface area contributed by atoms with E-state index in [2.05, 4.69) is 34.8 Å². The van der Waals surface area contributed by atoms with Crippen molar-refractivity contribution in [1.82, 2.24) is 14.9 Å². The Balaban J connectivity index is 1.67. The van der Waals surface area contributed by atoms with E-state index < -0.39 is 0 Å². The molecule has 0 spiro atoms. The fourth-order valence-corrected chi connectivity index (χ4v) is 1.94. The minimum atomic E-state index is 0.670. The van der Waals surface area contributed by atoms with Crippen molar-refractivity contribution in [3.05, 3.63) is 48.0 Å². The average molecular weight is 259 g/mol. The number of rotatable bonds is 7. The quantitative estimate of drug-likeness (QED) is 0.776. The molecule has 4 nitrogen and oxygen atoms in total. The molecule has 19 heavy (non-hydrogen) atoms. The van der Waals surface area contributed by atoms with Crippen LogP contribution < -0.4 is 10.1 Å². The molecule has 1 N–H and O–H groups in total. The second-order valence-electron chi connectivity index (χ2n) is 4.51. The molecule has 102 valence electrons. The third kappa shape index (κ3) is 4.10. The number of nitrogens with zero attached hydrogens (tertiary/aromatic N) is 2. The molecule has 0 unspecified atom stereocenters. The summed E-state index contributed by atoms with van der Waals surface area (Å²) >= 11 is 0. The Kier molecular flexibility index (Phi) is 4.98. The predicted octanol–water partition coefficient (Wildman–Crippen LogP) is 2.38. The Labute approximate surface area is 114 Å². The van der Waals surface area contributed by atoms with Crippen molar-refractivity contribution < 1.29 is 4.74 Å². The van der Waals surface area contributed by atoms with E-state index in [9.17, 15) is 0 Å². The zero-order valence-electron chi connectivity index (χ0n) is 11.6. The van der Waals surface area contributed by atoms with Gasteiger partial charge in [-0.3, -0.25) is 0 Å². The van der Waals surface area contributed by atoms with Crippen LogP contribution in [0.4, 0.5) is 0 Å². The summed E-state index contributed by atoms with van der Waals surface area (Å²) in [6.45, 7) is 7.46. The third-order valence-electron chi connectivity index (χ3n) is 2.98. The number of hydrogen-bond acceptors (Lipinski definition) is 3. The van der Waals surface area contributed by atoms with Crippen LogP contribution >= 0.6 is 0 Å². The van der Waals surface area contributed by atoms with Crippen molar-refractivity contribution in [2.45, 2.75) is 26.9 Å². The number of nitrogens with one attached hydrogen (secondary N) is 1. The van der Waals surface area contributed by atoms with E-state index in [4.69, 9.17) is 4.74 Å². The topological polar surface area (TPSA) is 39.1 Å². The summed E-state index contributed by atoms with van der Waals surface area (Å²) in [7, 11) is 0. The summed E-state index contributed by atoms with van der Waals surface area (Å²) in [6.07, 6.45) is 3.76. The van der Waals surface area contributed by atoms with E-state index in [0.717, 1.165) is 25.4 Å². The Morgan fingerprint density at radius 2 is 2.26 bits per heavy atom. The van der Waals surface area contributed by atoms with Crippen LogP contribution in [0.1, 0.15) is 18.2 Å². The number of aryl methyl sites for hydroxylation is 2. The van der Waals surface area contributed by atoms with Crippen molar-refractivity contribution in [3.8, 4) is 5.75 Å². The van der Waals surface area contributed by atoms with Gasteiger partial charge in [-0.05, 0) is 31.5 Å². The third-order valence-corrected chi connectivity index (χ3v) is 2.98. The molecule has 0 bridgehead atoms. The van der Waals surface area contributed by atoms with Gasteiger partial charge >= 0.3 is 0 Å². The predicted molar refractivity (Wildman–Crippen MR) is 76.3 cm³/mol. The first kappa shape index (κ1) is 13.6. The van der Waals surface area contributed by atoms with E-state index in [1.54, 1.807) is 0 Å². The molecular formula is C15H21N3O. The van der Waals surface area contributed by atoms with Crippen LogP contribution in [0.15, 0.2) is 36.8 Å². The van der Waals surface area contributed by atoms with Crippen LogP contribution in [-0.4, -0.2) is 22.7 Å². The van der Waals surface area contributed by atoms with Crippen LogP contribution in [0.25, 0.3) is 0 Å². The molecule has 0 saturated carbocycles. The molecule has 0 aliphatic rings. The number of imidazole rings is 1. The fraction of sp³-hybridized carbons (Fsp3) is 0.400. The molecule has 0 saturated heterocycles. The summed E-state index contributed by atoms with van der Waals surface area (Å²) in [6, 6.07) is 8.11. The van der Waals surface area contributed by atoms with Gasteiger partial charge in [0.25, 0.3) is 0 Å². The lowest BCUT2D eigenvalue weighted by Gasteiger charge is -2.09. The van der Waals surface area contributed by atoms with Gasteiger partial charge in [0.1, 0.15) is 12.4 Å². The van der Waals surface area contributed by atoms with Crippen LogP contribution in [0.3, 0.4) is 0 Å². The molecular weight excluding hydrogens is 238 g/mol. The summed E-state index contributed by atoms with van der Waals surface area (Å²) < 4.78 is 7.81. The maximum Gasteiger partial charge on any atom is 0.119 e. The van der Waals surface area contributed by atoms with Crippen LogP contribution in [-0.2, 0) is 13.1 Å². The number of ether oxygens (including phenoxy) is 1. The average Bonchev–Trinajstić information content (AvgIpc) is 2.86. The largest absolute Gasteiger partial charge is 0.492 e. The van der Waals surface area contributed by atoms with Crippen molar-refractivity contribution in [1.29, 1.82) is 0 Å². The van der Waals surface area contributed by atoms with Crippen molar-refractivity contribution in [2.75, 3.05) is 13.2 Å². The molecule has 0 fully saturated rings. The zero-order valence-corrected chi connectivity index (χ0v) is 11.6. The maximum absolute atomic E-state index is 5.68. The van der Waals surface area contributed by atoms with Crippen molar-refractivity contribution >= 4 is 0 Å². The molecule has 0 radical (unpaired) electrons. The van der Waals surface area contributed by atoms with E-state index in [1.807, 2.05) is 30.7 Å². The fourth-order valence-electron chi connectivity index (χ4n) is 1.94. The van der Waals surface area contributed by atoms with E-state index in [-0.39, 0.29) is 0 Å². The van der Waals surface area contributed by atoms with Gasteiger partial charge < -0.3 is 14.6 Å². The Hall–Kier alpha value is -1.81. The van der Waals surface area contributed by atoms with Crippen molar-refractivity contribution in [3.63, 3.8) is 0 Å². The number of benzene rings is 1. The highest BCUT2D eigenvalue weighted by Gasteiger charge is 1.99. The first-order valence-corrected chi connectivity index (χ1v) is 6.69. The molecule has 2 aromatic rings. The highest BCUT2D eigenvalue weighted by atomic mass is 16.5. The summed E-state index contributed by atoms with van der Waals surface area (Å²) in [5.74, 6) is 0.931. The summed E-state index contributed by atoms with van der Waals surface area (Å²) in [4.78, 5) is 4.14. The van der Waals surface area contributed by atoms with E-state index >= 15 is 0 Å². The van der Waals surface area contributed by atoms with Gasteiger partial charge in [0.05, 0.1) is 12.0 Å². The smallest absolute Gasteiger partial charge is 0.119 e. The standard InChI is InChI=1S/C15H21N3O/c1-3-18-12-17-11-14(18)10-16-7-8-19-15-6-4-5-13(2)9-15/h4-6,9,11-12,16H,3,7-8,10H2,1-2H3. The van der Waals surface area contributed by atoms with Crippen LogP contribution in [0.5, 0.6) is 5.75 Å². The molecule has 4 heteroatoms. The molecule has 0 aliphatic carbocycles. The molecule has 0 atom stereocenters. The summed E-state index contributed by atoms with van der Waals surface area (Å²) in [5.41, 5.74) is 2.43. The normalized spacial score (nSPS) is 10.6. The molecule has 1 heterocycles. The molecule has 0 aliphatic heterocycles. The zero-order chi connectivity index (χ0) is 13.5. The van der Waals surface area contributed by atoms with Gasteiger partial charge in [0.2, 0.25) is 0 Å². The monoisotopic (exact) mass is 259 g/mol. The second kappa shape index (κ2) is 6.95. The Bertz CT molecular complexity index is 508. The van der Waals surface area contributed by atoms with Gasteiger partial charge in [0.15, 0.2) is 0 Å². The lowest BCUT2D eigenvalue weighted by molar-refractivity contribution is 0.313. The highest BCUT2D eigenvalue weighted by molar-refractivity contribution is 5.27. The minimum absolute atomic E-state index is 0.670. The Morgan fingerprint density at radius 1 is 1.37 bits per heavy atom. The first-order chi connectivity index (χ1) is 9.29. The van der Waals surface area contributed by atoms with Gasteiger partial charge in [-0.25, -0.2) is 4.98 Å². The van der Waals surface area contributed by atoms with Crippen LogP contribution in [0.2, 0.25) is 0 Å². The second-order valence-corrected chi connectivity index (χ2v) is 4.51. The van der Waals surface area contributed by atoms with Crippen molar-refractivity contribution in [2.24, 2.45) is 0 Å². The van der Waals surface area contributed by atoms with E-state index in [0.29, 0.717) is 6.61 Å². The Morgan fingerprint density at radius 3 is 3.05 bits per heavy atom. The number of hydrogen-bond donors (Lipinski definition) is 1. The molecule has 2 rings (SSSR count). The minimum Gasteiger partial charge on any atom is -0.492 e. The lowest BCUT2D eigenvalue weighted by atomic mass is 10.2. The van der Waals surface area contributed by atoms with Gasteiger partial charge in [-0.2, -0.15) is 0 Å². The summed E-state index contributed by atoms with van der Waals surface area (Å²) in [5, 5.41) is 3.36. The van der Waals surface area contributed by atoms with Crippen LogP contribution in [0, 0.1) is 6.92 Å². The maximum atomic E-state index is 5.68. The first-order valence-electron chi connectivity index (χ1n) is 6.69. The molecule has 0 amide bonds. The number of aromatic nitrogens is 2. The molecule has 1 aromatic heterocycles. The molecule has 1 aromatic carbocycles.